The minimum absolute atomic E-state index is 0.158. The first kappa shape index (κ1) is 16.1. The molecule has 0 radical (unpaired) electrons. The number of ether oxygens (including phenoxy) is 1. The molecule has 126 valence electrons. The Bertz CT molecular complexity index is 745. The summed E-state index contributed by atoms with van der Waals surface area (Å²) in [5.74, 6) is -0.468. The van der Waals surface area contributed by atoms with E-state index in [1.807, 2.05) is 12.1 Å². The molecule has 0 fully saturated rings. The molecule has 2 aromatic rings. The Labute approximate surface area is 135 Å². The Morgan fingerprint density at radius 1 is 1.29 bits per heavy atom. The van der Waals surface area contributed by atoms with E-state index in [-0.39, 0.29) is 11.8 Å². The Hall–Kier alpha value is -2.77. The van der Waals surface area contributed by atoms with Crippen molar-refractivity contribution in [2.24, 2.45) is 0 Å². The molecule has 1 aliphatic heterocycles. The van der Waals surface area contributed by atoms with Crippen LogP contribution in [0.2, 0.25) is 0 Å². The van der Waals surface area contributed by atoms with Gasteiger partial charge in [0, 0.05) is 23.9 Å². The van der Waals surface area contributed by atoms with Gasteiger partial charge in [-0.3, -0.25) is 4.79 Å². The summed E-state index contributed by atoms with van der Waals surface area (Å²) in [6.07, 6.45) is -2.31. The van der Waals surface area contributed by atoms with Crippen LogP contribution in [-0.4, -0.2) is 30.2 Å². The maximum atomic E-state index is 12.2. The number of hydrogen-bond acceptors (Lipinski definition) is 4. The van der Waals surface area contributed by atoms with Crippen LogP contribution in [0.4, 0.5) is 24.5 Å². The van der Waals surface area contributed by atoms with Gasteiger partial charge in [0.15, 0.2) is 6.61 Å². The van der Waals surface area contributed by atoms with Gasteiger partial charge >= 0.3 is 6.18 Å². The Morgan fingerprint density at radius 2 is 2.12 bits per heavy atom. The Balaban J connectivity index is 1.62. The smallest absolute Gasteiger partial charge is 0.422 e. The van der Waals surface area contributed by atoms with Crippen LogP contribution in [0.15, 0.2) is 36.5 Å². The van der Waals surface area contributed by atoms with Crippen molar-refractivity contribution < 1.29 is 22.7 Å². The highest BCUT2D eigenvalue weighted by molar-refractivity contribution is 6.04. The number of carbonyl (C=O) groups excluding carboxylic acids is 1. The number of benzene rings is 1. The fraction of sp³-hybridized carbons (Fsp3) is 0.250. The molecule has 0 saturated carbocycles. The minimum atomic E-state index is -4.42. The normalized spacial score (nSPS) is 13.1. The molecule has 0 spiro atoms. The van der Waals surface area contributed by atoms with E-state index in [1.54, 1.807) is 6.07 Å². The van der Waals surface area contributed by atoms with Gasteiger partial charge in [-0.05, 0) is 36.2 Å². The fourth-order valence-electron chi connectivity index (χ4n) is 2.34. The summed E-state index contributed by atoms with van der Waals surface area (Å²) >= 11 is 0. The van der Waals surface area contributed by atoms with Crippen molar-refractivity contribution in [2.45, 2.75) is 12.6 Å². The van der Waals surface area contributed by atoms with E-state index >= 15 is 0 Å². The van der Waals surface area contributed by atoms with Crippen molar-refractivity contribution in [1.82, 2.24) is 4.98 Å². The van der Waals surface area contributed by atoms with Crippen LogP contribution in [0.3, 0.4) is 0 Å². The van der Waals surface area contributed by atoms with Crippen LogP contribution >= 0.6 is 0 Å². The average Bonchev–Trinajstić information content (AvgIpc) is 3.01. The van der Waals surface area contributed by atoms with Crippen molar-refractivity contribution in [2.75, 3.05) is 23.8 Å². The largest absolute Gasteiger partial charge is 0.468 e. The van der Waals surface area contributed by atoms with Gasteiger partial charge in [-0.15, -0.1) is 0 Å². The second-order valence-corrected chi connectivity index (χ2v) is 5.29. The van der Waals surface area contributed by atoms with Crippen molar-refractivity contribution in [3.63, 3.8) is 0 Å². The van der Waals surface area contributed by atoms with Crippen LogP contribution in [0.1, 0.15) is 15.9 Å². The number of pyridine rings is 1. The maximum absolute atomic E-state index is 12.2. The third-order valence-corrected chi connectivity index (χ3v) is 3.46. The lowest BCUT2D eigenvalue weighted by Crippen LogP contribution is -2.19. The van der Waals surface area contributed by atoms with Crippen LogP contribution in [0.5, 0.6) is 5.88 Å². The van der Waals surface area contributed by atoms with Gasteiger partial charge in [0.2, 0.25) is 5.88 Å². The molecule has 3 rings (SSSR count). The number of halogens is 3. The zero-order chi connectivity index (χ0) is 17.2. The topological polar surface area (TPSA) is 63.2 Å². The van der Waals surface area contributed by atoms with E-state index in [9.17, 15) is 18.0 Å². The summed E-state index contributed by atoms with van der Waals surface area (Å²) in [7, 11) is 0. The van der Waals surface area contributed by atoms with Gasteiger partial charge in [-0.1, -0.05) is 0 Å². The molecular formula is C16H14F3N3O2. The number of anilines is 2. The number of nitrogens with zero attached hydrogens (tertiary/aromatic N) is 1. The first-order chi connectivity index (χ1) is 11.4. The number of nitrogens with one attached hydrogen (secondary N) is 2. The molecule has 2 N–H and O–H groups in total. The number of fused-ring (bicyclic) bond motifs is 1. The summed E-state index contributed by atoms with van der Waals surface area (Å²) < 4.78 is 40.7. The summed E-state index contributed by atoms with van der Waals surface area (Å²) in [5.41, 5.74) is 2.99. The first-order valence-electron chi connectivity index (χ1n) is 7.24. The van der Waals surface area contributed by atoms with Gasteiger partial charge in [0.25, 0.3) is 5.91 Å². The second kappa shape index (κ2) is 6.38. The zero-order valence-corrected chi connectivity index (χ0v) is 12.5. The van der Waals surface area contributed by atoms with Gasteiger partial charge in [-0.25, -0.2) is 4.98 Å². The van der Waals surface area contributed by atoms with Gasteiger partial charge in [0.05, 0.1) is 11.9 Å². The highest BCUT2D eigenvalue weighted by atomic mass is 19.4. The lowest BCUT2D eigenvalue weighted by Gasteiger charge is -2.09. The lowest BCUT2D eigenvalue weighted by atomic mass is 10.1. The molecule has 0 bridgehead atoms. The summed E-state index contributed by atoms with van der Waals surface area (Å²) in [4.78, 5) is 16.0. The molecule has 2 heterocycles. The highest BCUT2D eigenvalue weighted by Crippen LogP contribution is 2.23. The molecule has 0 saturated heterocycles. The van der Waals surface area contributed by atoms with E-state index in [1.165, 1.54) is 18.3 Å². The van der Waals surface area contributed by atoms with E-state index in [4.69, 9.17) is 0 Å². The minimum Gasteiger partial charge on any atom is -0.468 e. The van der Waals surface area contributed by atoms with Crippen molar-refractivity contribution in [1.29, 1.82) is 0 Å². The number of hydrogen-bond donors (Lipinski definition) is 2. The predicted molar refractivity (Wildman–Crippen MR) is 82.4 cm³/mol. The van der Waals surface area contributed by atoms with E-state index in [0.717, 1.165) is 24.2 Å². The molecule has 1 aromatic carbocycles. The van der Waals surface area contributed by atoms with Crippen molar-refractivity contribution in [3.05, 3.63) is 47.7 Å². The van der Waals surface area contributed by atoms with Gasteiger partial charge < -0.3 is 15.4 Å². The number of aromatic nitrogens is 1. The van der Waals surface area contributed by atoms with E-state index < -0.39 is 12.8 Å². The van der Waals surface area contributed by atoms with Gasteiger partial charge in [-0.2, -0.15) is 13.2 Å². The average molecular weight is 337 g/mol. The highest BCUT2D eigenvalue weighted by Gasteiger charge is 2.28. The SMILES string of the molecule is O=C(Nc1ccc(OCC(F)(F)F)nc1)c1ccc2c(c1)CCN2. The Kier molecular flexibility index (Phi) is 4.28. The van der Waals surface area contributed by atoms with Crippen molar-refractivity contribution >= 4 is 17.3 Å². The molecule has 24 heavy (non-hydrogen) atoms. The second-order valence-electron chi connectivity index (χ2n) is 5.29. The zero-order valence-electron chi connectivity index (χ0n) is 12.5. The molecule has 1 aliphatic rings. The standard InChI is InChI=1S/C16H14F3N3O2/c17-16(18,19)9-24-14-4-2-12(8-21-14)22-15(23)11-1-3-13-10(7-11)5-6-20-13/h1-4,7-8,20H,5-6,9H2,(H,22,23). The molecule has 0 unspecified atom stereocenters. The molecule has 0 aliphatic carbocycles. The first-order valence-corrected chi connectivity index (χ1v) is 7.24. The summed E-state index contributed by atoms with van der Waals surface area (Å²) in [6.45, 7) is -0.557. The van der Waals surface area contributed by atoms with Crippen molar-refractivity contribution in [3.8, 4) is 5.88 Å². The third-order valence-electron chi connectivity index (χ3n) is 3.46. The van der Waals surface area contributed by atoms with Crippen LogP contribution in [-0.2, 0) is 6.42 Å². The lowest BCUT2D eigenvalue weighted by molar-refractivity contribution is -0.154. The van der Waals surface area contributed by atoms with E-state index in [2.05, 4.69) is 20.4 Å². The maximum Gasteiger partial charge on any atom is 0.422 e. The number of rotatable bonds is 4. The quantitative estimate of drug-likeness (QED) is 0.899. The third kappa shape index (κ3) is 3.95. The number of alkyl halides is 3. The molecule has 5 nitrogen and oxygen atoms in total. The van der Waals surface area contributed by atoms with Gasteiger partial charge in [0.1, 0.15) is 0 Å². The van der Waals surface area contributed by atoms with Crippen LogP contribution in [0.25, 0.3) is 0 Å². The molecule has 0 atom stereocenters. The predicted octanol–water partition coefficient (Wildman–Crippen LogP) is 3.24. The molecular weight excluding hydrogens is 323 g/mol. The van der Waals surface area contributed by atoms with E-state index in [0.29, 0.717) is 11.3 Å². The number of carbonyl (C=O) groups is 1. The number of amides is 1. The van der Waals surface area contributed by atoms with Crippen LogP contribution in [0, 0.1) is 0 Å². The molecule has 8 heteroatoms. The van der Waals surface area contributed by atoms with Crippen LogP contribution < -0.4 is 15.4 Å². The monoisotopic (exact) mass is 337 g/mol. The summed E-state index contributed by atoms with van der Waals surface area (Å²) in [6, 6.07) is 8.09. The summed E-state index contributed by atoms with van der Waals surface area (Å²) in [5, 5.41) is 5.86. The molecule has 1 aromatic heterocycles. The Morgan fingerprint density at radius 3 is 2.83 bits per heavy atom. The fourth-order valence-corrected chi connectivity index (χ4v) is 2.34. The molecule has 1 amide bonds.